The lowest BCUT2D eigenvalue weighted by atomic mass is 10.2. The molecule has 0 unspecified atom stereocenters. The SMILES string of the molecule is C.Cn1cc(C(F)(F)F)cc1-c1ncc(Cl)cc1Cl.Cn1nc(-c2ncc(Cl)cc2Cl)cc1C(F)(F)F. The fraction of sp³-hybridized carbons (Fsp3) is 0.227. The molecule has 4 aromatic rings. The summed E-state index contributed by atoms with van der Waals surface area (Å²) in [5, 5.41) is 4.73. The molecule has 4 aromatic heterocycles. The number of nitrogens with zero attached hydrogens (tertiary/aromatic N) is 5. The first-order valence-electron chi connectivity index (χ1n) is 9.55. The molecule has 200 valence electrons. The number of halogens is 10. The summed E-state index contributed by atoms with van der Waals surface area (Å²) in [6, 6.07) is 4.73. The fourth-order valence-corrected chi connectivity index (χ4v) is 3.96. The van der Waals surface area contributed by atoms with Crippen LogP contribution in [0.1, 0.15) is 18.7 Å². The summed E-state index contributed by atoms with van der Waals surface area (Å²) in [5.41, 5.74) is -0.861. The van der Waals surface area contributed by atoms with Crippen molar-refractivity contribution in [3.8, 4) is 22.8 Å². The first kappa shape index (κ1) is 30.8. The predicted molar refractivity (Wildman–Crippen MR) is 132 cm³/mol. The van der Waals surface area contributed by atoms with Gasteiger partial charge in [-0.2, -0.15) is 31.4 Å². The van der Waals surface area contributed by atoms with Gasteiger partial charge in [0.25, 0.3) is 0 Å². The van der Waals surface area contributed by atoms with Crippen LogP contribution in [0.15, 0.2) is 42.9 Å². The Bertz CT molecular complexity index is 1400. The number of aromatic nitrogens is 5. The van der Waals surface area contributed by atoms with E-state index in [0.29, 0.717) is 10.0 Å². The minimum atomic E-state index is -4.47. The van der Waals surface area contributed by atoms with Gasteiger partial charge < -0.3 is 4.57 Å². The molecule has 0 aliphatic carbocycles. The molecule has 0 bridgehead atoms. The highest BCUT2D eigenvalue weighted by atomic mass is 35.5. The van der Waals surface area contributed by atoms with E-state index in [1.54, 1.807) is 0 Å². The Morgan fingerprint density at radius 3 is 1.65 bits per heavy atom. The van der Waals surface area contributed by atoms with Crippen LogP contribution in [0.5, 0.6) is 0 Å². The minimum Gasteiger partial charge on any atom is -0.349 e. The lowest BCUT2D eigenvalue weighted by Gasteiger charge is -2.04. The van der Waals surface area contributed by atoms with Gasteiger partial charge >= 0.3 is 12.4 Å². The van der Waals surface area contributed by atoms with Gasteiger partial charge in [0.2, 0.25) is 0 Å². The molecule has 0 aromatic carbocycles. The van der Waals surface area contributed by atoms with Gasteiger partial charge in [0.1, 0.15) is 22.8 Å². The Morgan fingerprint density at radius 1 is 0.730 bits per heavy atom. The van der Waals surface area contributed by atoms with Crippen molar-refractivity contribution in [2.75, 3.05) is 0 Å². The maximum atomic E-state index is 12.6. The van der Waals surface area contributed by atoms with Crippen LogP contribution in [0.4, 0.5) is 26.3 Å². The highest BCUT2D eigenvalue weighted by molar-refractivity contribution is 6.36. The molecule has 0 spiro atoms. The zero-order valence-electron chi connectivity index (χ0n) is 18.1. The molecule has 4 heterocycles. The van der Waals surface area contributed by atoms with Crippen molar-refractivity contribution in [1.29, 1.82) is 0 Å². The monoisotopic (exact) mass is 605 g/mol. The molecule has 0 aliphatic rings. The first-order chi connectivity index (χ1) is 16.6. The van der Waals surface area contributed by atoms with Crippen LogP contribution in [0.2, 0.25) is 20.1 Å². The molecule has 0 saturated carbocycles. The number of rotatable bonds is 2. The van der Waals surface area contributed by atoms with E-state index in [9.17, 15) is 26.3 Å². The topological polar surface area (TPSA) is 48.5 Å². The average Bonchev–Trinajstić information content (AvgIpc) is 3.31. The van der Waals surface area contributed by atoms with E-state index < -0.39 is 23.6 Å². The quantitative estimate of drug-likeness (QED) is 0.214. The molecule has 0 atom stereocenters. The molecule has 0 amide bonds. The van der Waals surface area contributed by atoms with Crippen molar-refractivity contribution in [3.05, 3.63) is 74.2 Å². The summed E-state index contributed by atoms with van der Waals surface area (Å²) in [6.45, 7) is 0. The van der Waals surface area contributed by atoms with Crippen LogP contribution in [0.3, 0.4) is 0 Å². The summed E-state index contributed by atoms with van der Waals surface area (Å²) >= 11 is 23.1. The van der Waals surface area contributed by atoms with Gasteiger partial charge in [-0.05, 0) is 24.3 Å². The Kier molecular flexibility index (Phi) is 9.56. The standard InChI is InChI=1S/C11H7Cl2F3N2.C10H6Cl2F3N3.CH4/c1-18-5-6(11(14,15)16)2-9(18)10-8(13)3-7(12)4-17-10;1-18-8(10(13,14)15)3-7(17-18)9-6(12)2-5(11)4-16-9;/h2-5H,1H3;2-4H,1H3;1H4. The maximum absolute atomic E-state index is 12.6. The van der Waals surface area contributed by atoms with Crippen LogP contribution in [0, 0.1) is 0 Å². The molecule has 0 aliphatic heterocycles. The molecular formula is C22H17Cl4F6N5. The number of aryl methyl sites for hydroxylation is 2. The molecule has 0 saturated heterocycles. The van der Waals surface area contributed by atoms with Gasteiger partial charge in [-0.1, -0.05) is 53.8 Å². The number of hydrogen-bond acceptors (Lipinski definition) is 3. The Balaban J connectivity index is 0.000000253. The molecule has 5 nitrogen and oxygen atoms in total. The van der Waals surface area contributed by atoms with E-state index in [-0.39, 0.29) is 40.2 Å². The summed E-state index contributed by atoms with van der Waals surface area (Å²) in [7, 11) is 2.70. The van der Waals surface area contributed by atoms with Gasteiger partial charge in [0, 0.05) is 32.7 Å². The van der Waals surface area contributed by atoms with Gasteiger partial charge in [-0.3, -0.25) is 14.6 Å². The van der Waals surface area contributed by atoms with Crippen molar-refractivity contribution in [2.45, 2.75) is 19.8 Å². The van der Waals surface area contributed by atoms with Crippen LogP contribution >= 0.6 is 46.4 Å². The lowest BCUT2D eigenvalue weighted by molar-refractivity contribution is -0.143. The lowest BCUT2D eigenvalue weighted by Crippen LogP contribution is -2.11. The molecule has 37 heavy (non-hydrogen) atoms. The average molecular weight is 607 g/mol. The third kappa shape index (κ3) is 7.31. The van der Waals surface area contributed by atoms with Gasteiger partial charge in [0.05, 0.1) is 31.3 Å². The van der Waals surface area contributed by atoms with E-state index in [4.69, 9.17) is 46.4 Å². The highest BCUT2D eigenvalue weighted by Gasteiger charge is 2.35. The van der Waals surface area contributed by atoms with Gasteiger partial charge in [-0.25, -0.2) is 0 Å². The molecule has 0 N–H and O–H groups in total. The van der Waals surface area contributed by atoms with Crippen molar-refractivity contribution >= 4 is 46.4 Å². The van der Waals surface area contributed by atoms with E-state index in [1.165, 1.54) is 43.2 Å². The van der Waals surface area contributed by atoms with Gasteiger partial charge in [-0.15, -0.1) is 0 Å². The number of alkyl halides is 6. The highest BCUT2D eigenvalue weighted by Crippen LogP contribution is 2.36. The Labute approximate surface area is 227 Å². The smallest absolute Gasteiger partial charge is 0.349 e. The van der Waals surface area contributed by atoms with E-state index >= 15 is 0 Å². The zero-order valence-corrected chi connectivity index (χ0v) is 21.1. The second-order valence-electron chi connectivity index (χ2n) is 7.23. The van der Waals surface area contributed by atoms with Crippen LogP contribution < -0.4 is 0 Å². The second-order valence-corrected chi connectivity index (χ2v) is 8.91. The first-order valence-corrected chi connectivity index (χ1v) is 11.1. The minimum absolute atomic E-state index is 0. The zero-order chi connectivity index (χ0) is 27.0. The maximum Gasteiger partial charge on any atom is 0.433 e. The van der Waals surface area contributed by atoms with Crippen molar-refractivity contribution in [2.24, 2.45) is 14.1 Å². The van der Waals surface area contributed by atoms with Crippen molar-refractivity contribution < 1.29 is 26.3 Å². The Morgan fingerprint density at radius 2 is 1.24 bits per heavy atom. The third-order valence-electron chi connectivity index (χ3n) is 4.60. The summed E-state index contributed by atoms with van der Waals surface area (Å²) in [6.07, 6.45) is -5.25. The largest absolute Gasteiger partial charge is 0.433 e. The number of pyridine rings is 2. The molecule has 0 radical (unpaired) electrons. The third-order valence-corrected chi connectivity index (χ3v) is 5.59. The summed E-state index contributed by atoms with van der Waals surface area (Å²) in [5.74, 6) is 0. The predicted octanol–water partition coefficient (Wildman–Crippen LogP) is 8.86. The van der Waals surface area contributed by atoms with Crippen LogP contribution in [-0.4, -0.2) is 24.3 Å². The van der Waals surface area contributed by atoms with Crippen molar-refractivity contribution in [1.82, 2.24) is 24.3 Å². The summed E-state index contributed by atoms with van der Waals surface area (Å²) < 4.78 is 77.6. The van der Waals surface area contributed by atoms with Crippen LogP contribution in [0.25, 0.3) is 22.8 Å². The van der Waals surface area contributed by atoms with Gasteiger partial charge in [0.15, 0.2) is 0 Å². The molecule has 15 heteroatoms. The van der Waals surface area contributed by atoms with Crippen molar-refractivity contribution in [3.63, 3.8) is 0 Å². The normalized spacial score (nSPS) is 11.6. The molecule has 4 rings (SSSR count). The van der Waals surface area contributed by atoms with Crippen LogP contribution in [-0.2, 0) is 26.4 Å². The Hall–Kier alpha value is -2.47. The fourth-order valence-electron chi connectivity index (χ4n) is 3.01. The van der Waals surface area contributed by atoms with E-state index in [0.717, 1.165) is 23.0 Å². The van der Waals surface area contributed by atoms with E-state index in [2.05, 4.69) is 15.1 Å². The number of hydrogen-bond donors (Lipinski definition) is 0. The second kappa shape index (κ2) is 11.5. The molecular weight excluding hydrogens is 590 g/mol. The summed E-state index contributed by atoms with van der Waals surface area (Å²) in [4.78, 5) is 7.83. The van der Waals surface area contributed by atoms with E-state index in [1.807, 2.05) is 0 Å². The molecule has 0 fully saturated rings.